The quantitative estimate of drug-likeness (QED) is 0.186. The zero-order valence-corrected chi connectivity index (χ0v) is 26.0. The van der Waals surface area contributed by atoms with E-state index in [9.17, 15) is 19.2 Å². The van der Waals surface area contributed by atoms with Crippen molar-refractivity contribution in [2.45, 2.75) is 56.5 Å². The number of hydrogen-bond donors (Lipinski definition) is 2. The molecule has 3 aromatic heterocycles. The number of nitrogens with one attached hydrogen (secondary N) is 1. The fourth-order valence-corrected chi connectivity index (χ4v) is 8.02. The van der Waals surface area contributed by atoms with Gasteiger partial charge in [-0.05, 0) is 43.2 Å². The van der Waals surface area contributed by atoms with Crippen molar-refractivity contribution in [3.63, 3.8) is 0 Å². The van der Waals surface area contributed by atoms with E-state index in [-0.39, 0.29) is 48.6 Å². The number of benzene rings is 1. The minimum absolute atomic E-state index is 0.0273. The number of fused-ring (bicyclic) bond motifs is 3. The number of aromatic nitrogens is 4. The van der Waals surface area contributed by atoms with Crippen LogP contribution in [0.1, 0.15) is 35.3 Å². The van der Waals surface area contributed by atoms with Gasteiger partial charge in [-0.25, -0.2) is 9.78 Å². The smallest absolute Gasteiger partial charge is 0.330 e. The molecule has 12 nitrogen and oxygen atoms in total. The highest BCUT2D eigenvalue weighted by Crippen LogP contribution is 2.36. The largest absolute Gasteiger partial charge is 0.383 e. The summed E-state index contributed by atoms with van der Waals surface area (Å²) in [6, 6.07) is 9.20. The summed E-state index contributed by atoms with van der Waals surface area (Å²) in [5.74, 6) is -0.699. The summed E-state index contributed by atoms with van der Waals surface area (Å²) in [5.41, 5.74) is 6.64. The number of nitrogens with zero attached hydrogens (tertiary/aromatic N) is 4. The van der Waals surface area contributed by atoms with Crippen molar-refractivity contribution in [3.05, 3.63) is 77.5 Å². The first-order chi connectivity index (χ1) is 21.4. The van der Waals surface area contributed by atoms with E-state index in [0.29, 0.717) is 28.5 Å². The lowest BCUT2D eigenvalue weighted by atomic mass is 10.2. The lowest BCUT2D eigenvalue weighted by molar-refractivity contribution is -0.116. The number of rotatable bonds is 11. The van der Waals surface area contributed by atoms with Crippen LogP contribution in [0.15, 0.2) is 49.9 Å². The van der Waals surface area contributed by atoms with Crippen LogP contribution in [-0.4, -0.2) is 63.7 Å². The number of carbonyl (C=O) groups is 1. The summed E-state index contributed by atoms with van der Waals surface area (Å²) in [7, 11) is 1.49. The lowest BCUT2D eigenvalue weighted by Gasteiger charge is -2.24. The molecular formula is C30H34N6O6S2. The number of aromatic amines is 1. The van der Waals surface area contributed by atoms with E-state index in [1.807, 2.05) is 30.3 Å². The van der Waals surface area contributed by atoms with Crippen LogP contribution < -0.4 is 27.4 Å². The first kappa shape index (κ1) is 30.3. The molecule has 4 heterocycles. The second-order valence-electron chi connectivity index (χ2n) is 10.9. The predicted octanol–water partition coefficient (Wildman–Crippen LogP) is 2.38. The number of anilines is 2. The molecule has 14 heteroatoms. The summed E-state index contributed by atoms with van der Waals surface area (Å²) in [5, 5.41) is 1.10. The van der Waals surface area contributed by atoms with Gasteiger partial charge in [0.1, 0.15) is 10.6 Å². The summed E-state index contributed by atoms with van der Waals surface area (Å²) in [4.78, 5) is 63.8. The molecule has 6 rings (SSSR count). The average Bonchev–Trinajstić information content (AvgIpc) is 3.76. The molecule has 1 amide bonds. The van der Waals surface area contributed by atoms with Gasteiger partial charge in [0, 0.05) is 25.1 Å². The number of thiophene rings is 1. The van der Waals surface area contributed by atoms with Crippen LogP contribution in [0.4, 0.5) is 11.5 Å². The van der Waals surface area contributed by atoms with Gasteiger partial charge >= 0.3 is 5.69 Å². The van der Waals surface area contributed by atoms with Gasteiger partial charge in [-0.3, -0.25) is 28.5 Å². The molecular weight excluding hydrogens is 605 g/mol. The molecule has 0 spiro atoms. The highest BCUT2D eigenvalue weighted by molar-refractivity contribution is 7.99. The maximum atomic E-state index is 13.9. The molecule has 0 unspecified atom stereocenters. The molecule has 1 fully saturated rings. The Kier molecular flexibility index (Phi) is 9.03. The van der Waals surface area contributed by atoms with Gasteiger partial charge < -0.3 is 20.1 Å². The molecule has 44 heavy (non-hydrogen) atoms. The van der Waals surface area contributed by atoms with Gasteiger partial charge in [0.2, 0.25) is 5.91 Å². The van der Waals surface area contributed by atoms with E-state index >= 15 is 0 Å². The molecule has 4 aromatic rings. The molecule has 2 aliphatic rings. The Morgan fingerprint density at radius 2 is 2.02 bits per heavy atom. The molecule has 1 saturated heterocycles. The standard InChI is InChI=1S/C30H34N6O6S2/c1-41-14-12-34(24-25(31)35(29(40)32-26(24)38)15-18-7-3-2-4-8-18)22(37)17-43-30-33-27-23(20-10-5-11-21(20)44-27)28(39)36(30)16-19-9-6-13-42-19/h2-4,7-8,19H,5-6,9-17,31H2,1H3,(H,32,38,40)/t19-/m0/s1. The average molecular weight is 639 g/mol. The van der Waals surface area contributed by atoms with Gasteiger partial charge in [0.15, 0.2) is 10.8 Å². The Hall–Kier alpha value is -3.72. The molecule has 0 saturated carbocycles. The lowest BCUT2D eigenvalue weighted by Crippen LogP contribution is -2.43. The third kappa shape index (κ3) is 5.99. The Labute approximate surface area is 260 Å². The number of nitrogen functional groups attached to an aromatic ring is 1. The van der Waals surface area contributed by atoms with Crippen molar-refractivity contribution >= 4 is 50.7 Å². The normalized spacial score (nSPS) is 16.1. The number of nitrogens with two attached hydrogens (primary N) is 1. The van der Waals surface area contributed by atoms with E-state index in [1.165, 1.54) is 21.5 Å². The van der Waals surface area contributed by atoms with Crippen LogP contribution in [0.2, 0.25) is 0 Å². The fourth-order valence-electron chi connectivity index (χ4n) is 5.83. The molecule has 3 N–H and O–H groups in total. The SMILES string of the molecule is COCCN(C(=O)CSc1nc2sc3c(c2c(=O)n1C[C@@H]1CCCO1)CCC3)c1c(N)n(Cc2ccccc2)c(=O)[nH]c1=O. The Morgan fingerprint density at radius 1 is 1.20 bits per heavy atom. The molecule has 0 radical (unpaired) electrons. The van der Waals surface area contributed by atoms with Crippen LogP contribution in [0, 0.1) is 0 Å². The summed E-state index contributed by atoms with van der Waals surface area (Å²) in [6.07, 6.45) is 4.52. The molecule has 1 aliphatic heterocycles. The highest BCUT2D eigenvalue weighted by Gasteiger charge is 2.28. The third-order valence-corrected chi connectivity index (χ3v) is 10.2. The molecule has 1 atom stereocenters. The maximum absolute atomic E-state index is 13.9. The Bertz CT molecular complexity index is 1860. The van der Waals surface area contributed by atoms with E-state index in [4.69, 9.17) is 20.2 Å². The Balaban J connectivity index is 1.33. The molecule has 1 aromatic carbocycles. The highest BCUT2D eigenvalue weighted by atomic mass is 32.2. The van der Waals surface area contributed by atoms with Crippen LogP contribution in [0.25, 0.3) is 10.2 Å². The van der Waals surface area contributed by atoms with Gasteiger partial charge in [0.05, 0.1) is 36.9 Å². The van der Waals surface area contributed by atoms with Crippen LogP contribution >= 0.6 is 23.1 Å². The van der Waals surface area contributed by atoms with Crippen molar-refractivity contribution in [1.29, 1.82) is 0 Å². The number of H-pyrrole nitrogens is 1. The number of amides is 1. The van der Waals surface area contributed by atoms with Crippen LogP contribution in [0.3, 0.4) is 0 Å². The van der Waals surface area contributed by atoms with E-state index < -0.39 is 17.2 Å². The van der Waals surface area contributed by atoms with Gasteiger partial charge in [0.25, 0.3) is 11.1 Å². The second-order valence-corrected chi connectivity index (χ2v) is 12.9. The zero-order chi connectivity index (χ0) is 30.8. The number of aryl methyl sites for hydroxylation is 2. The minimum Gasteiger partial charge on any atom is -0.383 e. The number of methoxy groups -OCH3 is 1. The topological polar surface area (TPSA) is 155 Å². The fraction of sp³-hybridized carbons (Fsp3) is 0.433. The minimum atomic E-state index is -0.769. The first-order valence-corrected chi connectivity index (χ1v) is 16.4. The van der Waals surface area contributed by atoms with Gasteiger partial charge in [-0.1, -0.05) is 42.1 Å². The van der Waals surface area contributed by atoms with Crippen LogP contribution in [0.5, 0.6) is 0 Å². The second kappa shape index (κ2) is 13.1. The van der Waals surface area contributed by atoms with E-state index in [1.54, 1.807) is 15.9 Å². The van der Waals surface area contributed by atoms with Gasteiger partial charge in [-0.15, -0.1) is 11.3 Å². The van der Waals surface area contributed by atoms with Gasteiger partial charge in [-0.2, -0.15) is 0 Å². The summed E-state index contributed by atoms with van der Waals surface area (Å²) >= 11 is 2.68. The molecule has 1 aliphatic carbocycles. The predicted molar refractivity (Wildman–Crippen MR) is 171 cm³/mol. The number of hydrogen-bond acceptors (Lipinski definition) is 10. The van der Waals surface area contributed by atoms with Crippen molar-refractivity contribution < 1.29 is 14.3 Å². The number of carbonyl (C=O) groups excluding carboxylic acids is 1. The van der Waals surface area contributed by atoms with Crippen molar-refractivity contribution in [3.8, 4) is 0 Å². The summed E-state index contributed by atoms with van der Waals surface area (Å²) in [6.45, 7) is 1.27. The van der Waals surface area contributed by atoms with Crippen LogP contribution in [-0.2, 0) is 40.2 Å². The number of ether oxygens (including phenoxy) is 2. The Morgan fingerprint density at radius 3 is 2.77 bits per heavy atom. The van der Waals surface area contributed by atoms with E-state index in [0.717, 1.165) is 55.0 Å². The van der Waals surface area contributed by atoms with Crippen molar-refractivity contribution in [2.75, 3.05) is 43.3 Å². The van der Waals surface area contributed by atoms with Crippen molar-refractivity contribution in [1.82, 2.24) is 19.1 Å². The van der Waals surface area contributed by atoms with E-state index in [2.05, 4.69) is 4.98 Å². The first-order valence-electron chi connectivity index (χ1n) is 14.6. The number of thioether (sulfide) groups is 1. The third-order valence-electron chi connectivity index (χ3n) is 8.01. The molecule has 0 bridgehead atoms. The maximum Gasteiger partial charge on any atom is 0.330 e. The van der Waals surface area contributed by atoms with Crippen molar-refractivity contribution in [2.24, 2.45) is 0 Å². The monoisotopic (exact) mass is 638 g/mol. The zero-order valence-electron chi connectivity index (χ0n) is 24.4. The molecule has 232 valence electrons. The summed E-state index contributed by atoms with van der Waals surface area (Å²) < 4.78 is 14.0.